The second-order valence-corrected chi connectivity index (χ2v) is 7.57. The molecule has 1 N–H and O–H groups in total. The molecule has 4 rings (SSSR count). The first-order valence-corrected chi connectivity index (χ1v) is 9.94. The van der Waals surface area contributed by atoms with Crippen molar-refractivity contribution in [3.05, 3.63) is 85.8 Å². The summed E-state index contributed by atoms with van der Waals surface area (Å²) in [4.78, 5) is 62.6. The molecule has 1 aliphatic rings. The SMILES string of the molecule is Cc1c(NC(=O)C(C)N2C(=O)c3ccc([N+](=O)[O-])cc3C2=O)c(=O)n(-c2ccccc2)n1C. The molecular weight excluding hydrogens is 430 g/mol. The monoisotopic (exact) mass is 449 g/mol. The molecule has 11 heteroatoms. The third-order valence-electron chi connectivity index (χ3n) is 5.68. The van der Waals surface area contributed by atoms with Gasteiger partial charge in [0.2, 0.25) is 5.91 Å². The lowest BCUT2D eigenvalue weighted by molar-refractivity contribution is -0.384. The van der Waals surface area contributed by atoms with Crippen molar-refractivity contribution in [2.24, 2.45) is 7.05 Å². The molecule has 11 nitrogen and oxygen atoms in total. The Morgan fingerprint density at radius 3 is 2.30 bits per heavy atom. The summed E-state index contributed by atoms with van der Waals surface area (Å²) in [6.07, 6.45) is 0. The molecular formula is C22H19N5O6. The smallest absolute Gasteiger partial charge is 0.295 e. The highest BCUT2D eigenvalue weighted by atomic mass is 16.6. The van der Waals surface area contributed by atoms with Gasteiger partial charge in [-0.15, -0.1) is 0 Å². The molecule has 33 heavy (non-hydrogen) atoms. The van der Waals surface area contributed by atoms with E-state index in [-0.39, 0.29) is 22.5 Å². The second kappa shape index (κ2) is 7.86. The van der Waals surface area contributed by atoms with Gasteiger partial charge in [-0.05, 0) is 32.0 Å². The number of fused-ring (bicyclic) bond motifs is 1. The number of carbonyl (C=O) groups is 3. The highest BCUT2D eigenvalue weighted by Crippen LogP contribution is 2.28. The highest BCUT2D eigenvalue weighted by molar-refractivity contribution is 6.23. The van der Waals surface area contributed by atoms with Gasteiger partial charge in [0.05, 0.1) is 27.4 Å². The molecule has 168 valence electrons. The number of benzene rings is 2. The van der Waals surface area contributed by atoms with E-state index in [1.165, 1.54) is 17.7 Å². The number of nitro benzene ring substituents is 1. The van der Waals surface area contributed by atoms with E-state index in [1.54, 1.807) is 42.9 Å². The van der Waals surface area contributed by atoms with Gasteiger partial charge in [-0.3, -0.25) is 38.9 Å². The fourth-order valence-corrected chi connectivity index (χ4v) is 3.77. The van der Waals surface area contributed by atoms with Crippen molar-refractivity contribution in [1.82, 2.24) is 14.3 Å². The zero-order valence-corrected chi connectivity index (χ0v) is 17.9. The fraction of sp³-hybridized carbons (Fsp3) is 0.182. The maximum atomic E-state index is 13.0. The molecule has 3 amide bonds. The molecule has 0 saturated carbocycles. The molecule has 2 heterocycles. The van der Waals surface area contributed by atoms with Crippen LogP contribution in [0.2, 0.25) is 0 Å². The van der Waals surface area contributed by atoms with Crippen LogP contribution in [0, 0.1) is 17.0 Å². The van der Waals surface area contributed by atoms with Crippen LogP contribution < -0.4 is 10.9 Å². The zero-order chi connectivity index (χ0) is 24.0. The Hall–Kier alpha value is -4.54. The number of para-hydroxylation sites is 1. The first-order valence-electron chi connectivity index (χ1n) is 9.94. The number of hydrogen-bond acceptors (Lipinski definition) is 6. The van der Waals surface area contributed by atoms with Crippen LogP contribution in [-0.2, 0) is 11.8 Å². The summed E-state index contributed by atoms with van der Waals surface area (Å²) < 4.78 is 2.97. The number of aromatic nitrogens is 2. The lowest BCUT2D eigenvalue weighted by Gasteiger charge is -2.21. The van der Waals surface area contributed by atoms with Crippen molar-refractivity contribution in [3.8, 4) is 5.69 Å². The topological polar surface area (TPSA) is 137 Å². The maximum absolute atomic E-state index is 13.0. The number of amides is 3. The van der Waals surface area contributed by atoms with Crippen LogP contribution in [0.5, 0.6) is 0 Å². The second-order valence-electron chi connectivity index (χ2n) is 7.57. The normalized spacial score (nSPS) is 13.7. The maximum Gasteiger partial charge on any atom is 0.295 e. The molecule has 1 atom stereocenters. The van der Waals surface area contributed by atoms with Crippen molar-refractivity contribution in [2.45, 2.75) is 19.9 Å². The summed E-state index contributed by atoms with van der Waals surface area (Å²) in [7, 11) is 1.67. The van der Waals surface area contributed by atoms with E-state index < -0.39 is 34.2 Å². The first kappa shape index (κ1) is 21.7. The van der Waals surface area contributed by atoms with Gasteiger partial charge in [0, 0.05) is 19.2 Å². The number of nitro groups is 1. The Morgan fingerprint density at radius 1 is 1.03 bits per heavy atom. The van der Waals surface area contributed by atoms with E-state index in [2.05, 4.69) is 5.32 Å². The average Bonchev–Trinajstić information content (AvgIpc) is 3.17. The molecule has 0 radical (unpaired) electrons. The van der Waals surface area contributed by atoms with Crippen LogP contribution in [0.1, 0.15) is 33.3 Å². The van der Waals surface area contributed by atoms with Crippen LogP contribution in [0.25, 0.3) is 5.69 Å². The third kappa shape index (κ3) is 3.39. The van der Waals surface area contributed by atoms with E-state index >= 15 is 0 Å². The molecule has 1 aromatic heterocycles. The largest absolute Gasteiger partial charge is 0.318 e. The molecule has 0 bridgehead atoms. The molecule has 1 aliphatic heterocycles. The van der Waals surface area contributed by atoms with Gasteiger partial charge in [0.25, 0.3) is 23.1 Å². The molecule has 1 unspecified atom stereocenters. The summed E-state index contributed by atoms with van der Waals surface area (Å²) in [5.74, 6) is -2.29. The van der Waals surface area contributed by atoms with Gasteiger partial charge in [-0.25, -0.2) is 4.68 Å². The predicted octanol–water partition coefficient (Wildman–Crippen LogP) is 2.02. The fourth-order valence-electron chi connectivity index (χ4n) is 3.77. The van der Waals surface area contributed by atoms with Crippen molar-refractivity contribution in [1.29, 1.82) is 0 Å². The van der Waals surface area contributed by atoms with Crippen LogP contribution in [0.3, 0.4) is 0 Å². The Balaban J connectivity index is 1.63. The summed E-state index contributed by atoms with van der Waals surface area (Å²) in [5, 5.41) is 13.5. The Labute approximate surface area is 187 Å². The standard InChI is InChI=1S/C22H19N5O6/c1-12-18(22(31)26(24(12)3)14-7-5-4-6-8-14)23-19(28)13(2)25-20(29)16-10-9-15(27(32)33)11-17(16)21(25)30/h4-11,13H,1-3H3,(H,23,28). The summed E-state index contributed by atoms with van der Waals surface area (Å²) >= 11 is 0. The van der Waals surface area contributed by atoms with E-state index in [4.69, 9.17) is 0 Å². The predicted molar refractivity (Wildman–Crippen MR) is 117 cm³/mol. The number of rotatable bonds is 5. The number of hydrogen-bond donors (Lipinski definition) is 1. The quantitative estimate of drug-likeness (QED) is 0.359. The molecule has 0 saturated heterocycles. The molecule has 0 fully saturated rings. The minimum Gasteiger partial charge on any atom is -0.318 e. The minimum absolute atomic E-state index is 0.0189. The van der Waals surface area contributed by atoms with Gasteiger partial charge < -0.3 is 5.32 Å². The number of nitrogens with one attached hydrogen (secondary N) is 1. The third-order valence-corrected chi connectivity index (χ3v) is 5.68. The van der Waals surface area contributed by atoms with Crippen LogP contribution in [0.4, 0.5) is 11.4 Å². The van der Waals surface area contributed by atoms with Crippen LogP contribution in [-0.4, -0.2) is 43.0 Å². The van der Waals surface area contributed by atoms with E-state index in [9.17, 15) is 29.3 Å². The van der Waals surface area contributed by atoms with Gasteiger partial charge in [-0.1, -0.05) is 18.2 Å². The van der Waals surface area contributed by atoms with Crippen molar-refractivity contribution < 1.29 is 19.3 Å². The van der Waals surface area contributed by atoms with E-state index in [0.29, 0.717) is 11.4 Å². The molecule has 0 aliphatic carbocycles. The first-order chi connectivity index (χ1) is 15.6. The van der Waals surface area contributed by atoms with E-state index in [0.717, 1.165) is 17.0 Å². The molecule has 2 aromatic carbocycles. The number of nitrogens with zero attached hydrogens (tertiary/aromatic N) is 4. The van der Waals surface area contributed by atoms with Gasteiger partial charge in [-0.2, -0.15) is 0 Å². The Bertz CT molecular complexity index is 1390. The van der Waals surface area contributed by atoms with Crippen molar-refractivity contribution in [2.75, 3.05) is 5.32 Å². The summed E-state index contributed by atoms with van der Waals surface area (Å²) in [6, 6.07) is 10.9. The number of non-ortho nitro benzene ring substituents is 1. The Kier molecular flexibility index (Phi) is 5.16. The molecule has 3 aromatic rings. The zero-order valence-electron chi connectivity index (χ0n) is 17.9. The average molecular weight is 449 g/mol. The van der Waals surface area contributed by atoms with Gasteiger partial charge in [0.1, 0.15) is 11.7 Å². The minimum atomic E-state index is -1.26. The van der Waals surface area contributed by atoms with Gasteiger partial charge in [0.15, 0.2) is 0 Å². The van der Waals surface area contributed by atoms with Crippen LogP contribution >= 0.6 is 0 Å². The van der Waals surface area contributed by atoms with Gasteiger partial charge >= 0.3 is 0 Å². The highest BCUT2D eigenvalue weighted by Gasteiger charge is 2.42. The number of carbonyl (C=O) groups excluding carboxylic acids is 3. The lowest BCUT2D eigenvalue weighted by Crippen LogP contribution is -2.45. The van der Waals surface area contributed by atoms with Crippen LogP contribution in [0.15, 0.2) is 53.3 Å². The number of anilines is 1. The Morgan fingerprint density at radius 2 is 1.67 bits per heavy atom. The van der Waals surface area contributed by atoms with E-state index in [1.807, 2.05) is 6.07 Å². The van der Waals surface area contributed by atoms with Crippen molar-refractivity contribution >= 4 is 29.1 Å². The summed E-state index contributed by atoms with van der Waals surface area (Å²) in [6.45, 7) is 3.00. The lowest BCUT2D eigenvalue weighted by atomic mass is 10.1. The van der Waals surface area contributed by atoms with Crippen molar-refractivity contribution in [3.63, 3.8) is 0 Å². The number of imide groups is 1. The summed E-state index contributed by atoms with van der Waals surface area (Å²) in [5.41, 5.74) is 0.121. The molecule has 0 spiro atoms.